The van der Waals surface area contributed by atoms with E-state index < -0.39 is 6.10 Å². The van der Waals surface area contributed by atoms with E-state index in [0.717, 1.165) is 37.1 Å². The van der Waals surface area contributed by atoms with Gasteiger partial charge < -0.3 is 14.6 Å². The van der Waals surface area contributed by atoms with Crippen molar-refractivity contribution in [1.82, 2.24) is 14.8 Å². The number of rotatable bonds is 9. The van der Waals surface area contributed by atoms with Gasteiger partial charge >= 0.3 is 0 Å². The summed E-state index contributed by atoms with van der Waals surface area (Å²) in [7, 11) is 1.62. The van der Waals surface area contributed by atoms with Crippen LogP contribution in [0.25, 0.3) is 10.9 Å². The van der Waals surface area contributed by atoms with Crippen molar-refractivity contribution >= 4 is 10.9 Å². The third-order valence-electron chi connectivity index (χ3n) is 6.80. The molecule has 1 aliphatic heterocycles. The average molecular weight is 484 g/mol. The number of pyridine rings is 1. The zero-order chi connectivity index (χ0) is 24.7. The van der Waals surface area contributed by atoms with E-state index in [9.17, 15) is 5.11 Å². The van der Waals surface area contributed by atoms with Crippen LogP contribution in [0.2, 0.25) is 0 Å². The summed E-state index contributed by atoms with van der Waals surface area (Å²) in [5.74, 6) is 1.39. The van der Waals surface area contributed by atoms with Crippen molar-refractivity contribution in [3.05, 3.63) is 102 Å². The summed E-state index contributed by atoms with van der Waals surface area (Å²) < 4.78 is 11.3. The van der Waals surface area contributed by atoms with Crippen molar-refractivity contribution in [3.63, 3.8) is 0 Å². The molecule has 2 heterocycles. The number of nitrogens with zero attached hydrogens (tertiary/aromatic N) is 3. The Kier molecular flexibility index (Phi) is 7.76. The molecular formula is C30H33N3O3. The first-order valence-corrected chi connectivity index (χ1v) is 12.5. The molecule has 1 saturated heterocycles. The lowest BCUT2D eigenvalue weighted by Gasteiger charge is -2.40. The molecule has 1 aliphatic rings. The molecule has 36 heavy (non-hydrogen) atoms. The number of hydrogen-bond acceptors (Lipinski definition) is 6. The van der Waals surface area contributed by atoms with Crippen molar-refractivity contribution < 1.29 is 14.6 Å². The molecule has 1 unspecified atom stereocenters. The first-order chi connectivity index (χ1) is 17.7. The minimum Gasteiger partial charge on any atom is -0.495 e. The summed E-state index contributed by atoms with van der Waals surface area (Å²) in [6.07, 6.45) is 1.12. The number of benzene rings is 3. The second-order valence-corrected chi connectivity index (χ2v) is 9.22. The first-order valence-electron chi connectivity index (χ1n) is 12.5. The number of β-amino-alcohol motifs (C(OH)–C–C–N with tert-alkyl or cyclic N) is 1. The van der Waals surface area contributed by atoms with Crippen molar-refractivity contribution in [2.75, 3.05) is 46.4 Å². The lowest BCUT2D eigenvalue weighted by molar-refractivity contribution is 0.0404. The molecule has 4 aromatic rings. The number of aliphatic hydroxyl groups is 1. The number of aromatic nitrogens is 1. The third kappa shape index (κ3) is 5.68. The Bertz CT molecular complexity index is 1200. The van der Waals surface area contributed by atoms with Crippen LogP contribution in [-0.4, -0.2) is 72.4 Å². The predicted molar refractivity (Wildman–Crippen MR) is 143 cm³/mol. The number of fused-ring (bicyclic) bond motifs is 1. The van der Waals surface area contributed by atoms with Crippen LogP contribution in [0.3, 0.4) is 0 Å². The van der Waals surface area contributed by atoms with Gasteiger partial charge in [-0.3, -0.25) is 14.8 Å². The highest BCUT2D eigenvalue weighted by molar-refractivity contribution is 5.86. The minimum atomic E-state index is -0.579. The molecule has 6 heteroatoms. The lowest BCUT2D eigenvalue weighted by Crippen LogP contribution is -2.50. The van der Waals surface area contributed by atoms with E-state index in [1.807, 2.05) is 24.3 Å². The molecule has 1 fully saturated rings. The Hall–Kier alpha value is -3.45. The predicted octanol–water partition coefficient (Wildman–Crippen LogP) is 4.39. The minimum absolute atomic E-state index is 0.229. The van der Waals surface area contributed by atoms with Gasteiger partial charge in [-0.1, -0.05) is 66.7 Å². The summed E-state index contributed by atoms with van der Waals surface area (Å²) >= 11 is 0. The molecule has 5 rings (SSSR count). The fourth-order valence-corrected chi connectivity index (χ4v) is 4.97. The molecule has 3 aromatic carbocycles. The Morgan fingerprint density at radius 3 is 2.17 bits per heavy atom. The lowest BCUT2D eigenvalue weighted by atomic mass is 9.96. The highest BCUT2D eigenvalue weighted by atomic mass is 16.5. The van der Waals surface area contributed by atoms with Gasteiger partial charge in [-0.15, -0.1) is 0 Å². The average Bonchev–Trinajstić information content (AvgIpc) is 2.94. The maximum Gasteiger partial charge on any atom is 0.137 e. The van der Waals surface area contributed by atoms with E-state index in [1.54, 1.807) is 13.3 Å². The Morgan fingerprint density at radius 2 is 1.53 bits per heavy atom. The summed E-state index contributed by atoms with van der Waals surface area (Å²) in [5, 5.41) is 11.6. The van der Waals surface area contributed by atoms with Gasteiger partial charge in [-0.05, 0) is 29.3 Å². The molecule has 0 aliphatic carbocycles. The molecule has 0 radical (unpaired) electrons. The van der Waals surface area contributed by atoms with Gasteiger partial charge in [-0.2, -0.15) is 0 Å². The van der Waals surface area contributed by atoms with Crippen LogP contribution in [0.4, 0.5) is 0 Å². The van der Waals surface area contributed by atoms with E-state index >= 15 is 0 Å². The van der Waals surface area contributed by atoms with Crippen LogP contribution in [0, 0.1) is 0 Å². The number of ether oxygens (including phenoxy) is 2. The van der Waals surface area contributed by atoms with E-state index in [2.05, 4.69) is 75.4 Å². The number of hydrogen-bond donors (Lipinski definition) is 1. The van der Waals surface area contributed by atoms with Crippen LogP contribution in [-0.2, 0) is 0 Å². The van der Waals surface area contributed by atoms with Crippen LogP contribution in [0.5, 0.6) is 11.5 Å². The molecule has 1 atom stereocenters. The summed E-state index contributed by atoms with van der Waals surface area (Å²) in [6.45, 7) is 4.51. The highest BCUT2D eigenvalue weighted by Crippen LogP contribution is 2.30. The van der Waals surface area contributed by atoms with Crippen molar-refractivity contribution in [2.24, 2.45) is 0 Å². The van der Waals surface area contributed by atoms with Gasteiger partial charge in [0.05, 0.1) is 24.9 Å². The van der Waals surface area contributed by atoms with E-state index in [0.29, 0.717) is 18.0 Å². The Balaban J connectivity index is 1.18. The smallest absolute Gasteiger partial charge is 0.137 e. The van der Waals surface area contributed by atoms with E-state index in [4.69, 9.17) is 9.47 Å². The maximum absolute atomic E-state index is 10.7. The molecule has 6 nitrogen and oxygen atoms in total. The van der Waals surface area contributed by atoms with Gasteiger partial charge in [0.2, 0.25) is 0 Å². The van der Waals surface area contributed by atoms with Crippen LogP contribution in [0.1, 0.15) is 17.2 Å². The largest absolute Gasteiger partial charge is 0.495 e. The zero-order valence-electron chi connectivity index (χ0n) is 20.7. The van der Waals surface area contributed by atoms with Gasteiger partial charge in [0.25, 0.3) is 0 Å². The highest BCUT2D eigenvalue weighted by Gasteiger charge is 2.27. The van der Waals surface area contributed by atoms with Crippen LogP contribution < -0.4 is 9.47 Å². The van der Waals surface area contributed by atoms with Crippen LogP contribution >= 0.6 is 0 Å². The summed E-state index contributed by atoms with van der Waals surface area (Å²) in [4.78, 5) is 9.28. The fourth-order valence-electron chi connectivity index (χ4n) is 4.97. The van der Waals surface area contributed by atoms with Gasteiger partial charge in [0.1, 0.15) is 24.2 Å². The SMILES string of the molecule is COc1cnc2cccc(OCC(O)CN3CCN(C(c4ccccc4)c4ccccc4)CC3)c2c1. The second-order valence-electron chi connectivity index (χ2n) is 9.22. The van der Waals surface area contributed by atoms with Crippen LogP contribution in [0.15, 0.2) is 91.1 Å². The first kappa shape index (κ1) is 24.3. The number of methoxy groups -OCH3 is 1. The monoisotopic (exact) mass is 483 g/mol. The fraction of sp³-hybridized carbons (Fsp3) is 0.300. The van der Waals surface area contributed by atoms with Crippen molar-refractivity contribution in [2.45, 2.75) is 12.1 Å². The Morgan fingerprint density at radius 1 is 0.861 bits per heavy atom. The van der Waals surface area contributed by atoms with Gasteiger partial charge in [-0.25, -0.2) is 0 Å². The summed E-state index contributed by atoms with van der Waals surface area (Å²) in [5.41, 5.74) is 3.46. The molecule has 0 spiro atoms. The van der Waals surface area contributed by atoms with Crippen molar-refractivity contribution in [1.29, 1.82) is 0 Å². The van der Waals surface area contributed by atoms with E-state index in [-0.39, 0.29) is 12.6 Å². The topological polar surface area (TPSA) is 58.1 Å². The number of aliphatic hydroxyl groups excluding tert-OH is 1. The quantitative estimate of drug-likeness (QED) is 0.381. The number of piperazine rings is 1. The molecule has 1 aromatic heterocycles. The second kappa shape index (κ2) is 11.5. The maximum atomic E-state index is 10.7. The summed E-state index contributed by atoms with van der Waals surface area (Å²) in [6, 6.07) is 29.3. The molecule has 0 amide bonds. The molecule has 0 saturated carbocycles. The third-order valence-corrected chi connectivity index (χ3v) is 6.80. The zero-order valence-corrected chi connectivity index (χ0v) is 20.7. The Labute approximate surface area is 212 Å². The van der Waals surface area contributed by atoms with Crippen molar-refractivity contribution in [3.8, 4) is 11.5 Å². The van der Waals surface area contributed by atoms with Gasteiger partial charge in [0.15, 0.2) is 0 Å². The normalized spacial score (nSPS) is 15.8. The standard InChI is InChI=1S/C30H33N3O3/c1-35-26-19-27-28(31-20-26)13-8-14-29(27)36-22-25(34)21-32-15-17-33(18-16-32)30(23-9-4-2-5-10-23)24-11-6-3-7-12-24/h2-14,19-20,25,30,34H,15-18,21-22H2,1H3. The van der Waals surface area contributed by atoms with Gasteiger partial charge in [0, 0.05) is 38.1 Å². The molecular weight excluding hydrogens is 450 g/mol. The van der Waals surface area contributed by atoms with E-state index in [1.165, 1.54) is 11.1 Å². The molecule has 186 valence electrons. The molecule has 1 N–H and O–H groups in total. The molecule has 0 bridgehead atoms.